The molecule has 1 aromatic heterocycles. The van der Waals surface area contributed by atoms with E-state index in [2.05, 4.69) is 10.4 Å². The molecule has 3 nitrogen and oxygen atoms in total. The molecule has 18 heavy (non-hydrogen) atoms. The molecule has 0 aliphatic heterocycles. The van der Waals surface area contributed by atoms with E-state index in [0.717, 1.165) is 16.8 Å². The van der Waals surface area contributed by atoms with Gasteiger partial charge in [-0.2, -0.15) is 0 Å². The van der Waals surface area contributed by atoms with Gasteiger partial charge in [-0.05, 0) is 42.3 Å². The Morgan fingerprint density at radius 3 is 2.72 bits per heavy atom. The van der Waals surface area contributed by atoms with Gasteiger partial charge >= 0.3 is 0 Å². The van der Waals surface area contributed by atoms with Crippen molar-refractivity contribution in [1.29, 1.82) is 0 Å². The second-order valence-corrected chi connectivity index (χ2v) is 4.81. The number of rotatable bonds is 3. The fraction of sp³-hybridized carbons (Fsp3) is 0.154. The fourth-order valence-corrected chi connectivity index (χ4v) is 2.26. The Morgan fingerprint density at radius 1 is 1.28 bits per heavy atom. The molecule has 0 amide bonds. The van der Waals surface area contributed by atoms with E-state index in [1.807, 2.05) is 19.1 Å². The molecule has 0 spiro atoms. The molecule has 1 aromatic carbocycles. The summed E-state index contributed by atoms with van der Waals surface area (Å²) in [4.78, 5) is 4.35. The normalized spacial score (nSPS) is 12.4. The Hall–Kier alpha value is -1.13. The Morgan fingerprint density at radius 2 is 2.06 bits per heavy atom. The zero-order valence-corrected chi connectivity index (χ0v) is 11.3. The van der Waals surface area contributed by atoms with Crippen LogP contribution in [-0.4, -0.2) is 4.98 Å². The second kappa shape index (κ2) is 5.67. The summed E-state index contributed by atoms with van der Waals surface area (Å²) < 4.78 is 0. The first-order valence-corrected chi connectivity index (χ1v) is 6.21. The van der Waals surface area contributed by atoms with Gasteiger partial charge in [-0.1, -0.05) is 29.3 Å². The first-order valence-electron chi connectivity index (χ1n) is 5.46. The average molecular weight is 282 g/mol. The Kier molecular flexibility index (Phi) is 4.19. The molecule has 1 atom stereocenters. The van der Waals surface area contributed by atoms with Crippen molar-refractivity contribution in [2.75, 3.05) is 0 Å². The lowest BCUT2D eigenvalue weighted by Gasteiger charge is -2.19. The van der Waals surface area contributed by atoms with Crippen LogP contribution in [0.5, 0.6) is 0 Å². The summed E-state index contributed by atoms with van der Waals surface area (Å²) in [6, 6.07) is 8.87. The van der Waals surface area contributed by atoms with Crippen LogP contribution < -0.4 is 11.3 Å². The van der Waals surface area contributed by atoms with Crippen molar-refractivity contribution in [2.24, 2.45) is 5.84 Å². The summed E-state index contributed by atoms with van der Waals surface area (Å²) in [5.74, 6) is 5.63. The molecule has 2 rings (SSSR count). The van der Waals surface area contributed by atoms with Crippen LogP contribution in [0.1, 0.15) is 22.9 Å². The van der Waals surface area contributed by atoms with Gasteiger partial charge in [0.05, 0.1) is 11.7 Å². The first kappa shape index (κ1) is 13.3. The molecule has 0 aliphatic rings. The van der Waals surface area contributed by atoms with Crippen LogP contribution in [0.3, 0.4) is 0 Å². The lowest BCUT2D eigenvalue weighted by atomic mass is 10.0. The zero-order chi connectivity index (χ0) is 13.1. The van der Waals surface area contributed by atoms with Crippen LogP contribution in [0.2, 0.25) is 10.0 Å². The van der Waals surface area contributed by atoms with E-state index >= 15 is 0 Å². The van der Waals surface area contributed by atoms with Crippen molar-refractivity contribution in [2.45, 2.75) is 13.0 Å². The highest BCUT2D eigenvalue weighted by Gasteiger charge is 2.18. The van der Waals surface area contributed by atoms with Crippen LogP contribution >= 0.6 is 23.2 Å². The van der Waals surface area contributed by atoms with Gasteiger partial charge in [0.15, 0.2) is 0 Å². The number of nitrogens with zero attached hydrogens (tertiary/aromatic N) is 1. The van der Waals surface area contributed by atoms with E-state index < -0.39 is 0 Å². The number of hydrogen-bond acceptors (Lipinski definition) is 3. The van der Waals surface area contributed by atoms with Crippen molar-refractivity contribution in [1.82, 2.24) is 10.4 Å². The maximum atomic E-state index is 6.19. The van der Waals surface area contributed by atoms with Gasteiger partial charge in [0, 0.05) is 16.2 Å². The molecule has 0 saturated heterocycles. The highest BCUT2D eigenvalue weighted by molar-refractivity contribution is 6.33. The average Bonchev–Trinajstić information content (AvgIpc) is 2.36. The summed E-state index contributed by atoms with van der Waals surface area (Å²) in [7, 11) is 0. The predicted molar refractivity (Wildman–Crippen MR) is 74.6 cm³/mol. The number of nitrogens with one attached hydrogen (secondary N) is 1. The molecule has 0 aliphatic carbocycles. The lowest BCUT2D eigenvalue weighted by Crippen LogP contribution is -2.30. The number of aromatic nitrogens is 1. The summed E-state index contributed by atoms with van der Waals surface area (Å²) in [6.07, 6.45) is 1.73. The number of benzene rings is 1. The van der Waals surface area contributed by atoms with Gasteiger partial charge in [0.25, 0.3) is 0 Å². The number of halogens is 2. The highest BCUT2D eigenvalue weighted by atomic mass is 35.5. The molecule has 1 heterocycles. The molecule has 94 valence electrons. The highest BCUT2D eigenvalue weighted by Crippen LogP contribution is 2.30. The van der Waals surface area contributed by atoms with Crippen LogP contribution in [0.25, 0.3) is 0 Å². The molecular weight excluding hydrogens is 269 g/mol. The molecule has 0 radical (unpaired) electrons. The number of hydrogen-bond donors (Lipinski definition) is 2. The smallest absolute Gasteiger partial charge is 0.0898 e. The van der Waals surface area contributed by atoms with Gasteiger partial charge in [0.2, 0.25) is 0 Å². The molecule has 2 aromatic rings. The predicted octanol–water partition coefficient (Wildman–Crippen LogP) is 3.25. The van der Waals surface area contributed by atoms with Gasteiger partial charge in [0.1, 0.15) is 0 Å². The summed E-state index contributed by atoms with van der Waals surface area (Å²) in [5, 5.41) is 1.22. The van der Waals surface area contributed by atoms with Crippen molar-refractivity contribution < 1.29 is 0 Å². The molecule has 3 N–H and O–H groups in total. The molecule has 0 fully saturated rings. The van der Waals surface area contributed by atoms with Crippen LogP contribution in [0.15, 0.2) is 36.5 Å². The molecule has 0 bridgehead atoms. The number of hydrazine groups is 1. The van der Waals surface area contributed by atoms with Crippen molar-refractivity contribution in [3.63, 3.8) is 0 Å². The lowest BCUT2D eigenvalue weighted by molar-refractivity contribution is 0.617. The van der Waals surface area contributed by atoms with E-state index in [4.69, 9.17) is 29.0 Å². The number of nitrogens with two attached hydrogens (primary N) is 1. The second-order valence-electron chi connectivity index (χ2n) is 3.97. The zero-order valence-electron chi connectivity index (χ0n) is 9.82. The van der Waals surface area contributed by atoms with Crippen molar-refractivity contribution >= 4 is 23.2 Å². The fourth-order valence-electron chi connectivity index (χ4n) is 1.85. The van der Waals surface area contributed by atoms with E-state index in [1.54, 1.807) is 24.4 Å². The number of aryl methyl sites for hydroxylation is 1. The van der Waals surface area contributed by atoms with Gasteiger partial charge in [-0.15, -0.1) is 0 Å². The van der Waals surface area contributed by atoms with Crippen LogP contribution in [-0.2, 0) is 0 Å². The van der Waals surface area contributed by atoms with Crippen LogP contribution in [0, 0.1) is 6.92 Å². The van der Waals surface area contributed by atoms with E-state index in [-0.39, 0.29) is 6.04 Å². The third-order valence-electron chi connectivity index (χ3n) is 2.76. The van der Waals surface area contributed by atoms with Gasteiger partial charge in [-0.25, -0.2) is 5.43 Å². The third-order valence-corrected chi connectivity index (χ3v) is 3.34. The van der Waals surface area contributed by atoms with Crippen LogP contribution in [0.4, 0.5) is 0 Å². The summed E-state index contributed by atoms with van der Waals surface area (Å²) in [5.41, 5.74) is 5.43. The molecule has 0 saturated carbocycles. The monoisotopic (exact) mass is 281 g/mol. The molecular formula is C13H13Cl2N3. The standard InChI is InChI=1S/C13H13Cl2N3/c1-8-3-2-6-17-12(8)13(18-16)10-7-9(14)4-5-11(10)15/h2-7,13,18H,16H2,1H3. The van der Waals surface area contributed by atoms with Gasteiger partial charge in [-0.3, -0.25) is 10.8 Å². The van der Waals surface area contributed by atoms with E-state index in [0.29, 0.717) is 10.0 Å². The minimum atomic E-state index is -0.280. The summed E-state index contributed by atoms with van der Waals surface area (Å²) in [6.45, 7) is 1.98. The minimum absolute atomic E-state index is 0.280. The maximum Gasteiger partial charge on any atom is 0.0898 e. The summed E-state index contributed by atoms with van der Waals surface area (Å²) >= 11 is 12.2. The largest absolute Gasteiger partial charge is 0.271 e. The Labute approximate surface area is 116 Å². The minimum Gasteiger partial charge on any atom is -0.271 e. The Balaban J connectivity index is 2.52. The van der Waals surface area contributed by atoms with E-state index in [9.17, 15) is 0 Å². The topological polar surface area (TPSA) is 50.9 Å². The Bertz CT molecular complexity index is 558. The van der Waals surface area contributed by atoms with Gasteiger partial charge < -0.3 is 0 Å². The third kappa shape index (κ3) is 2.65. The molecule has 5 heteroatoms. The van der Waals surface area contributed by atoms with E-state index in [1.165, 1.54) is 0 Å². The molecule has 1 unspecified atom stereocenters. The maximum absolute atomic E-state index is 6.19. The SMILES string of the molecule is Cc1cccnc1C(NN)c1cc(Cl)ccc1Cl. The quantitative estimate of drug-likeness (QED) is 0.671. The first-order chi connectivity index (χ1) is 8.63. The van der Waals surface area contributed by atoms with Crippen molar-refractivity contribution in [3.05, 3.63) is 63.4 Å². The van der Waals surface area contributed by atoms with Crippen molar-refractivity contribution in [3.8, 4) is 0 Å². The number of pyridine rings is 1.